The zero-order chi connectivity index (χ0) is 22.5. The lowest BCUT2D eigenvalue weighted by atomic mass is 9.91. The maximum Gasteiger partial charge on any atom is 0.269 e. The summed E-state index contributed by atoms with van der Waals surface area (Å²) in [5, 5.41) is 4.11. The molecule has 6 heteroatoms. The normalized spacial score (nSPS) is 15.6. The largest absolute Gasteiger partial charge is 0.484 e. The maximum atomic E-state index is 13.4. The van der Waals surface area contributed by atoms with E-state index in [-0.39, 0.29) is 18.1 Å². The van der Waals surface area contributed by atoms with Crippen LogP contribution < -0.4 is 15.0 Å². The van der Waals surface area contributed by atoms with E-state index in [1.54, 1.807) is 16.7 Å². The van der Waals surface area contributed by atoms with E-state index in [4.69, 9.17) is 16.3 Å². The highest BCUT2D eigenvalue weighted by Crippen LogP contribution is 2.48. The SMILES string of the molecule is CC1=CC(C)(C)Nc2ccc(OCC(=O)N3c4ccccc4Sc4ccc(Cl)cc43)cc21. The second kappa shape index (κ2) is 7.91. The lowest BCUT2D eigenvalue weighted by Crippen LogP contribution is -2.33. The molecule has 0 saturated heterocycles. The number of ether oxygens (including phenoxy) is 1. The summed E-state index contributed by atoms with van der Waals surface area (Å²) in [7, 11) is 0. The molecule has 0 unspecified atom stereocenters. The van der Waals surface area contributed by atoms with Crippen LogP contribution in [-0.2, 0) is 4.79 Å². The Balaban J connectivity index is 1.41. The van der Waals surface area contributed by atoms with Crippen molar-refractivity contribution in [2.24, 2.45) is 0 Å². The number of fused-ring (bicyclic) bond motifs is 3. The van der Waals surface area contributed by atoms with Crippen molar-refractivity contribution in [3.8, 4) is 5.75 Å². The number of rotatable bonds is 3. The lowest BCUT2D eigenvalue weighted by Gasteiger charge is -2.32. The van der Waals surface area contributed by atoms with Crippen molar-refractivity contribution in [2.75, 3.05) is 16.8 Å². The number of hydrogen-bond donors (Lipinski definition) is 1. The van der Waals surface area contributed by atoms with Crippen LogP contribution >= 0.6 is 23.4 Å². The van der Waals surface area contributed by atoms with Crippen LogP contribution in [0.4, 0.5) is 17.1 Å². The molecule has 32 heavy (non-hydrogen) atoms. The van der Waals surface area contributed by atoms with Gasteiger partial charge >= 0.3 is 0 Å². The molecule has 0 fully saturated rings. The summed E-state index contributed by atoms with van der Waals surface area (Å²) in [4.78, 5) is 17.1. The van der Waals surface area contributed by atoms with E-state index in [0.717, 1.165) is 32.4 Å². The maximum absolute atomic E-state index is 13.4. The smallest absolute Gasteiger partial charge is 0.269 e. The summed E-state index contributed by atoms with van der Waals surface area (Å²) in [6.07, 6.45) is 2.20. The van der Waals surface area contributed by atoms with E-state index in [1.165, 1.54) is 5.57 Å². The molecule has 0 atom stereocenters. The molecule has 3 aromatic carbocycles. The van der Waals surface area contributed by atoms with E-state index >= 15 is 0 Å². The molecular weight excluding hydrogens is 440 g/mol. The molecule has 0 saturated carbocycles. The Kier molecular flexibility index (Phi) is 5.19. The van der Waals surface area contributed by atoms with Crippen LogP contribution in [0.5, 0.6) is 5.75 Å². The number of anilines is 3. The average molecular weight is 463 g/mol. The highest BCUT2D eigenvalue weighted by molar-refractivity contribution is 7.99. The predicted molar refractivity (Wildman–Crippen MR) is 132 cm³/mol. The minimum atomic E-state index is -0.148. The number of nitrogens with zero attached hydrogens (tertiary/aromatic N) is 1. The van der Waals surface area contributed by atoms with Crippen molar-refractivity contribution in [1.29, 1.82) is 0 Å². The summed E-state index contributed by atoms with van der Waals surface area (Å²) in [6, 6.07) is 19.4. The highest BCUT2D eigenvalue weighted by Gasteiger charge is 2.29. The number of halogens is 1. The number of hydrogen-bond acceptors (Lipinski definition) is 4. The molecule has 0 radical (unpaired) electrons. The molecule has 1 amide bonds. The molecule has 1 N–H and O–H groups in total. The Labute approximate surface area is 197 Å². The van der Waals surface area contributed by atoms with Gasteiger partial charge in [0.15, 0.2) is 6.61 Å². The number of allylic oxidation sites excluding steroid dienone is 1. The fourth-order valence-corrected chi connectivity index (χ4v) is 5.46. The Hall–Kier alpha value is -2.89. The first-order chi connectivity index (χ1) is 15.3. The highest BCUT2D eigenvalue weighted by atomic mass is 35.5. The minimum absolute atomic E-state index is 0.0780. The zero-order valence-electron chi connectivity index (χ0n) is 18.1. The average Bonchev–Trinajstić information content (AvgIpc) is 2.75. The monoisotopic (exact) mass is 462 g/mol. The van der Waals surface area contributed by atoms with Gasteiger partial charge in [-0.05, 0) is 74.9 Å². The van der Waals surface area contributed by atoms with Gasteiger partial charge in [0.05, 0.1) is 16.9 Å². The molecule has 5 rings (SSSR count). The van der Waals surface area contributed by atoms with E-state index in [9.17, 15) is 4.79 Å². The van der Waals surface area contributed by atoms with Crippen LogP contribution in [0.15, 0.2) is 76.5 Å². The summed E-state index contributed by atoms with van der Waals surface area (Å²) < 4.78 is 5.96. The molecule has 0 aliphatic carbocycles. The van der Waals surface area contributed by atoms with Gasteiger partial charge in [0, 0.05) is 26.1 Å². The van der Waals surface area contributed by atoms with Crippen molar-refractivity contribution < 1.29 is 9.53 Å². The molecule has 3 aromatic rings. The van der Waals surface area contributed by atoms with E-state index in [1.807, 2.05) is 60.7 Å². The van der Waals surface area contributed by atoms with E-state index < -0.39 is 0 Å². The standard InChI is InChI=1S/C26H23ClN2O2S/c1-16-14-26(2,3)28-20-10-9-18(13-19(16)20)31-15-25(30)29-21-6-4-5-7-23(21)32-24-11-8-17(27)12-22(24)29/h4-14,28H,15H2,1-3H3. The first-order valence-corrected chi connectivity index (χ1v) is 11.6. The number of nitrogens with one attached hydrogen (secondary N) is 1. The van der Waals surface area contributed by atoms with Gasteiger partial charge in [0.25, 0.3) is 5.91 Å². The van der Waals surface area contributed by atoms with Gasteiger partial charge in [0.1, 0.15) is 5.75 Å². The lowest BCUT2D eigenvalue weighted by molar-refractivity contribution is -0.119. The van der Waals surface area contributed by atoms with Crippen LogP contribution in [0.2, 0.25) is 5.02 Å². The first-order valence-electron chi connectivity index (χ1n) is 10.4. The quantitative estimate of drug-likeness (QED) is 0.448. The second-order valence-corrected chi connectivity index (χ2v) is 10.1. The molecule has 2 aliphatic heterocycles. The molecular formula is C26H23ClN2O2S. The van der Waals surface area contributed by atoms with Gasteiger partial charge in [-0.1, -0.05) is 41.6 Å². The van der Waals surface area contributed by atoms with Gasteiger partial charge < -0.3 is 10.1 Å². The summed E-state index contributed by atoms with van der Waals surface area (Å²) in [5.41, 5.74) is 4.88. The van der Waals surface area contributed by atoms with Gasteiger partial charge in [-0.25, -0.2) is 0 Å². The number of para-hydroxylation sites is 1. The molecule has 0 aromatic heterocycles. The minimum Gasteiger partial charge on any atom is -0.484 e. The molecule has 2 aliphatic rings. The topological polar surface area (TPSA) is 41.6 Å². The van der Waals surface area contributed by atoms with Crippen LogP contribution in [-0.4, -0.2) is 18.1 Å². The zero-order valence-corrected chi connectivity index (χ0v) is 19.7. The first kappa shape index (κ1) is 21.0. The van der Waals surface area contributed by atoms with Crippen LogP contribution in [0, 0.1) is 0 Å². The summed E-state index contributed by atoms with van der Waals surface area (Å²) in [6.45, 7) is 6.30. The van der Waals surface area contributed by atoms with E-state index in [2.05, 4.69) is 32.2 Å². The van der Waals surface area contributed by atoms with E-state index in [0.29, 0.717) is 10.8 Å². The van der Waals surface area contributed by atoms with Crippen molar-refractivity contribution in [3.63, 3.8) is 0 Å². The van der Waals surface area contributed by atoms with Crippen LogP contribution in [0.1, 0.15) is 26.3 Å². The Morgan fingerprint density at radius 2 is 1.84 bits per heavy atom. The van der Waals surface area contributed by atoms with Crippen LogP contribution in [0.3, 0.4) is 0 Å². The van der Waals surface area contributed by atoms with Gasteiger partial charge in [-0.3, -0.25) is 9.69 Å². The van der Waals surface area contributed by atoms with Gasteiger partial charge in [-0.2, -0.15) is 0 Å². The number of amides is 1. The number of benzene rings is 3. The Morgan fingerprint density at radius 3 is 2.69 bits per heavy atom. The van der Waals surface area contributed by atoms with Crippen molar-refractivity contribution in [2.45, 2.75) is 36.1 Å². The third-order valence-electron chi connectivity index (χ3n) is 5.55. The number of carbonyl (C=O) groups is 1. The third-order valence-corrected chi connectivity index (χ3v) is 6.92. The van der Waals surface area contributed by atoms with Gasteiger partial charge in [0.2, 0.25) is 0 Å². The summed E-state index contributed by atoms with van der Waals surface area (Å²) >= 11 is 7.89. The molecule has 0 bridgehead atoms. The fraction of sp³-hybridized carbons (Fsp3) is 0.192. The summed E-state index contributed by atoms with van der Waals surface area (Å²) in [5.74, 6) is 0.517. The van der Waals surface area contributed by atoms with Crippen molar-refractivity contribution in [1.82, 2.24) is 0 Å². The molecule has 2 heterocycles. The molecule has 4 nitrogen and oxygen atoms in total. The Bertz CT molecular complexity index is 1270. The fourth-order valence-electron chi connectivity index (χ4n) is 4.26. The molecule has 162 valence electrons. The van der Waals surface area contributed by atoms with Crippen molar-refractivity contribution in [3.05, 3.63) is 77.3 Å². The second-order valence-electron chi connectivity index (χ2n) is 8.58. The Morgan fingerprint density at radius 1 is 1.06 bits per heavy atom. The van der Waals surface area contributed by atoms with Crippen LogP contribution in [0.25, 0.3) is 5.57 Å². The number of carbonyl (C=O) groups excluding carboxylic acids is 1. The third kappa shape index (κ3) is 3.87. The predicted octanol–water partition coefficient (Wildman–Crippen LogP) is 7.16. The van der Waals surface area contributed by atoms with Crippen molar-refractivity contribution >= 4 is 51.9 Å². The van der Waals surface area contributed by atoms with Gasteiger partial charge in [-0.15, -0.1) is 0 Å². The molecule has 0 spiro atoms.